The molecule has 0 bridgehead atoms. The molecule has 74 valence electrons. The second-order valence-corrected chi connectivity index (χ2v) is 5.31. The molecule has 2 aliphatic rings. The smallest absolute Gasteiger partial charge is 0.00664 e. The molecule has 0 heteroatoms. The van der Waals surface area contributed by atoms with Gasteiger partial charge >= 0.3 is 0 Å². The lowest BCUT2D eigenvalue weighted by Crippen LogP contribution is -2.24. The molecule has 0 N–H and O–H groups in total. The van der Waals surface area contributed by atoms with Crippen LogP contribution in [0.3, 0.4) is 0 Å². The quantitative estimate of drug-likeness (QED) is 0.581. The molecule has 1 atom stereocenters. The van der Waals surface area contributed by atoms with E-state index in [9.17, 15) is 0 Å². The van der Waals surface area contributed by atoms with Crippen molar-refractivity contribution in [1.29, 1.82) is 0 Å². The molecule has 0 spiro atoms. The van der Waals surface area contributed by atoms with Crippen molar-refractivity contribution in [3.8, 4) is 0 Å². The SMILES string of the molecule is Cc1ccc2c3c1CCCC3(C)CC2. The molecular weight excluding hydrogens is 168 g/mol. The highest BCUT2D eigenvalue weighted by Crippen LogP contribution is 2.48. The third-order valence-corrected chi connectivity index (χ3v) is 4.34. The van der Waals surface area contributed by atoms with Crippen LogP contribution < -0.4 is 0 Å². The van der Waals surface area contributed by atoms with Gasteiger partial charge in [-0.15, -0.1) is 0 Å². The van der Waals surface area contributed by atoms with Crippen molar-refractivity contribution in [3.05, 3.63) is 34.4 Å². The van der Waals surface area contributed by atoms with E-state index < -0.39 is 0 Å². The minimum Gasteiger partial charge on any atom is -0.0588 e. The van der Waals surface area contributed by atoms with Crippen LogP contribution in [-0.2, 0) is 18.3 Å². The fourth-order valence-corrected chi connectivity index (χ4v) is 3.52. The van der Waals surface area contributed by atoms with Crippen molar-refractivity contribution in [2.75, 3.05) is 0 Å². The van der Waals surface area contributed by atoms with Gasteiger partial charge < -0.3 is 0 Å². The first-order chi connectivity index (χ1) is 6.71. The molecule has 0 nitrogen and oxygen atoms in total. The van der Waals surface area contributed by atoms with Crippen LogP contribution in [-0.4, -0.2) is 0 Å². The first kappa shape index (κ1) is 8.52. The zero-order chi connectivity index (χ0) is 9.76. The highest BCUT2D eigenvalue weighted by molar-refractivity contribution is 5.49. The van der Waals surface area contributed by atoms with E-state index in [1.807, 2.05) is 0 Å². The van der Waals surface area contributed by atoms with Crippen LogP contribution in [0.4, 0.5) is 0 Å². The summed E-state index contributed by atoms with van der Waals surface area (Å²) in [5, 5.41) is 0. The average molecular weight is 186 g/mol. The third-order valence-electron chi connectivity index (χ3n) is 4.34. The Balaban J connectivity index is 2.31. The lowest BCUT2D eigenvalue weighted by molar-refractivity contribution is 0.394. The Kier molecular flexibility index (Phi) is 1.60. The molecular formula is C14H18. The Labute approximate surface area is 86.3 Å². The Morgan fingerprint density at radius 2 is 2.00 bits per heavy atom. The van der Waals surface area contributed by atoms with Gasteiger partial charge in [0.15, 0.2) is 0 Å². The molecule has 2 aliphatic carbocycles. The van der Waals surface area contributed by atoms with E-state index >= 15 is 0 Å². The van der Waals surface area contributed by atoms with Crippen LogP contribution in [0, 0.1) is 6.92 Å². The number of benzene rings is 1. The van der Waals surface area contributed by atoms with Gasteiger partial charge in [-0.25, -0.2) is 0 Å². The maximum Gasteiger partial charge on any atom is -0.00664 e. The summed E-state index contributed by atoms with van der Waals surface area (Å²) < 4.78 is 0. The molecule has 1 aromatic carbocycles. The summed E-state index contributed by atoms with van der Waals surface area (Å²) in [4.78, 5) is 0. The molecule has 0 aliphatic heterocycles. The zero-order valence-corrected chi connectivity index (χ0v) is 9.19. The van der Waals surface area contributed by atoms with E-state index in [2.05, 4.69) is 26.0 Å². The summed E-state index contributed by atoms with van der Waals surface area (Å²) in [7, 11) is 0. The largest absolute Gasteiger partial charge is 0.0588 e. The summed E-state index contributed by atoms with van der Waals surface area (Å²) in [5.41, 5.74) is 7.14. The van der Waals surface area contributed by atoms with Crippen LogP contribution in [0.25, 0.3) is 0 Å². The van der Waals surface area contributed by atoms with Crippen molar-refractivity contribution in [2.24, 2.45) is 0 Å². The van der Waals surface area contributed by atoms with E-state index in [-0.39, 0.29) is 0 Å². The third kappa shape index (κ3) is 0.945. The Morgan fingerprint density at radius 3 is 2.86 bits per heavy atom. The lowest BCUT2D eigenvalue weighted by atomic mass is 9.71. The molecule has 1 aromatic rings. The Bertz CT molecular complexity index is 389. The fourth-order valence-electron chi connectivity index (χ4n) is 3.52. The number of hydrogen-bond donors (Lipinski definition) is 0. The first-order valence-electron chi connectivity index (χ1n) is 5.82. The monoisotopic (exact) mass is 186 g/mol. The van der Waals surface area contributed by atoms with Crippen LogP contribution >= 0.6 is 0 Å². The topological polar surface area (TPSA) is 0 Å². The van der Waals surface area contributed by atoms with Gasteiger partial charge in [0.25, 0.3) is 0 Å². The molecule has 0 fully saturated rings. The van der Waals surface area contributed by atoms with Crippen LogP contribution in [0.2, 0.25) is 0 Å². The van der Waals surface area contributed by atoms with Crippen molar-refractivity contribution in [3.63, 3.8) is 0 Å². The molecule has 14 heavy (non-hydrogen) atoms. The van der Waals surface area contributed by atoms with Crippen molar-refractivity contribution in [2.45, 2.75) is 51.4 Å². The molecule has 0 saturated carbocycles. The second kappa shape index (κ2) is 2.62. The summed E-state index contributed by atoms with van der Waals surface area (Å²) >= 11 is 0. The van der Waals surface area contributed by atoms with Gasteiger partial charge in [0, 0.05) is 0 Å². The molecule has 0 heterocycles. The highest BCUT2D eigenvalue weighted by atomic mass is 14.4. The maximum atomic E-state index is 2.47. The minimum atomic E-state index is 0.537. The van der Waals surface area contributed by atoms with Gasteiger partial charge in [0.1, 0.15) is 0 Å². The van der Waals surface area contributed by atoms with Crippen molar-refractivity contribution in [1.82, 2.24) is 0 Å². The van der Waals surface area contributed by atoms with E-state index in [0.29, 0.717) is 5.41 Å². The van der Waals surface area contributed by atoms with E-state index in [1.165, 1.54) is 37.7 Å². The lowest BCUT2D eigenvalue weighted by Gasteiger charge is -2.33. The highest BCUT2D eigenvalue weighted by Gasteiger charge is 2.38. The van der Waals surface area contributed by atoms with Gasteiger partial charge in [-0.1, -0.05) is 19.1 Å². The van der Waals surface area contributed by atoms with Gasteiger partial charge in [0.05, 0.1) is 0 Å². The van der Waals surface area contributed by atoms with Crippen LogP contribution in [0.15, 0.2) is 12.1 Å². The number of hydrogen-bond acceptors (Lipinski definition) is 0. The minimum absolute atomic E-state index is 0.537. The number of rotatable bonds is 0. The molecule has 1 unspecified atom stereocenters. The summed E-state index contributed by atoms with van der Waals surface area (Å²) in [6, 6.07) is 4.69. The maximum absolute atomic E-state index is 2.47. The first-order valence-corrected chi connectivity index (χ1v) is 5.82. The number of aryl methyl sites for hydroxylation is 2. The summed E-state index contributed by atoms with van der Waals surface area (Å²) in [6.45, 7) is 4.75. The Hall–Kier alpha value is -0.780. The van der Waals surface area contributed by atoms with Crippen molar-refractivity contribution < 1.29 is 0 Å². The van der Waals surface area contributed by atoms with Crippen LogP contribution in [0.5, 0.6) is 0 Å². The summed E-state index contributed by atoms with van der Waals surface area (Å²) in [5.74, 6) is 0. The predicted molar refractivity (Wildman–Crippen MR) is 59.8 cm³/mol. The van der Waals surface area contributed by atoms with E-state index in [0.717, 1.165) is 0 Å². The molecule has 3 rings (SSSR count). The summed E-state index contributed by atoms with van der Waals surface area (Å²) in [6.07, 6.45) is 6.84. The molecule has 0 amide bonds. The van der Waals surface area contributed by atoms with Crippen molar-refractivity contribution >= 4 is 0 Å². The normalized spacial score (nSPS) is 29.0. The van der Waals surface area contributed by atoms with Gasteiger partial charge in [-0.3, -0.25) is 0 Å². The molecule has 0 aromatic heterocycles. The average Bonchev–Trinajstić information content (AvgIpc) is 2.51. The van der Waals surface area contributed by atoms with Gasteiger partial charge in [-0.05, 0) is 66.7 Å². The van der Waals surface area contributed by atoms with Gasteiger partial charge in [-0.2, -0.15) is 0 Å². The second-order valence-electron chi connectivity index (χ2n) is 5.31. The molecule has 0 saturated heterocycles. The zero-order valence-electron chi connectivity index (χ0n) is 9.19. The van der Waals surface area contributed by atoms with E-state index in [1.54, 1.807) is 16.7 Å². The van der Waals surface area contributed by atoms with Crippen LogP contribution in [0.1, 0.15) is 48.4 Å². The Morgan fingerprint density at radius 1 is 1.14 bits per heavy atom. The van der Waals surface area contributed by atoms with E-state index in [4.69, 9.17) is 0 Å². The predicted octanol–water partition coefficient (Wildman–Crippen LogP) is 3.54. The molecule has 0 radical (unpaired) electrons. The van der Waals surface area contributed by atoms with Gasteiger partial charge in [0.2, 0.25) is 0 Å². The standard InChI is InChI=1S/C14H18/c1-10-5-6-11-7-9-14(2)8-3-4-12(10)13(11)14/h5-6H,3-4,7-9H2,1-2H3. The fraction of sp³-hybridized carbons (Fsp3) is 0.571.